The van der Waals surface area contributed by atoms with Gasteiger partial charge in [-0.3, -0.25) is 19.4 Å². The van der Waals surface area contributed by atoms with Crippen molar-refractivity contribution in [2.24, 2.45) is 0 Å². The predicted octanol–water partition coefficient (Wildman–Crippen LogP) is 1.87. The SMILES string of the molecule is O=C(N[C@]1(C(F)(F)F)C(=O)Nc2c1c(=O)[nH]c(=O)n2-c1ccc(F)cc1)c1cccs1. The third kappa shape index (κ3) is 3.04. The number of anilines is 1. The van der Waals surface area contributed by atoms with Crippen LogP contribution in [0.2, 0.25) is 0 Å². The van der Waals surface area contributed by atoms with Crippen molar-refractivity contribution in [1.29, 1.82) is 0 Å². The lowest BCUT2D eigenvalue weighted by atomic mass is 9.91. The number of aromatic amines is 1. The van der Waals surface area contributed by atoms with E-state index in [0.717, 1.165) is 35.6 Å². The first-order valence-electron chi connectivity index (χ1n) is 8.46. The van der Waals surface area contributed by atoms with Crippen molar-refractivity contribution in [2.75, 3.05) is 5.32 Å². The van der Waals surface area contributed by atoms with Gasteiger partial charge in [0.25, 0.3) is 22.9 Å². The van der Waals surface area contributed by atoms with E-state index in [2.05, 4.69) is 0 Å². The number of nitrogens with one attached hydrogen (secondary N) is 3. The van der Waals surface area contributed by atoms with Gasteiger partial charge in [0, 0.05) is 0 Å². The monoisotopic (exact) mass is 454 g/mol. The van der Waals surface area contributed by atoms with Gasteiger partial charge >= 0.3 is 11.9 Å². The second-order valence-electron chi connectivity index (χ2n) is 6.43. The van der Waals surface area contributed by atoms with E-state index in [0.29, 0.717) is 4.57 Å². The lowest BCUT2D eigenvalue weighted by molar-refractivity contribution is -0.196. The number of hydrogen-bond donors (Lipinski definition) is 3. The summed E-state index contributed by atoms with van der Waals surface area (Å²) >= 11 is 0.827. The maximum atomic E-state index is 14.3. The highest BCUT2D eigenvalue weighted by Gasteiger charge is 2.68. The molecule has 0 saturated heterocycles. The highest BCUT2D eigenvalue weighted by molar-refractivity contribution is 7.12. The Balaban J connectivity index is 2.00. The van der Waals surface area contributed by atoms with E-state index in [9.17, 15) is 36.7 Å². The van der Waals surface area contributed by atoms with Crippen molar-refractivity contribution in [3.63, 3.8) is 0 Å². The topological polar surface area (TPSA) is 113 Å². The Morgan fingerprint density at radius 3 is 2.35 bits per heavy atom. The second-order valence-corrected chi connectivity index (χ2v) is 7.38. The van der Waals surface area contributed by atoms with Crippen molar-refractivity contribution in [1.82, 2.24) is 14.9 Å². The Bertz CT molecular complexity index is 1310. The highest BCUT2D eigenvalue weighted by Crippen LogP contribution is 2.45. The summed E-state index contributed by atoms with van der Waals surface area (Å²) < 4.78 is 56.6. The molecule has 0 radical (unpaired) electrons. The van der Waals surface area contributed by atoms with Gasteiger partial charge in [0.05, 0.1) is 10.6 Å². The maximum Gasteiger partial charge on any atom is 0.425 e. The highest BCUT2D eigenvalue weighted by atomic mass is 32.1. The molecule has 0 aliphatic carbocycles. The van der Waals surface area contributed by atoms with Gasteiger partial charge in [0.15, 0.2) is 0 Å². The third-order valence-electron chi connectivity index (χ3n) is 4.61. The van der Waals surface area contributed by atoms with Crippen LogP contribution in [0.15, 0.2) is 51.4 Å². The maximum absolute atomic E-state index is 14.3. The van der Waals surface area contributed by atoms with E-state index in [1.54, 1.807) is 10.3 Å². The van der Waals surface area contributed by atoms with Crippen LogP contribution in [0, 0.1) is 5.82 Å². The molecule has 1 atom stereocenters. The van der Waals surface area contributed by atoms with E-state index >= 15 is 0 Å². The Labute approximate surface area is 173 Å². The first-order valence-corrected chi connectivity index (χ1v) is 9.34. The molecule has 4 rings (SSSR count). The number of thiophene rings is 1. The number of rotatable bonds is 3. The second kappa shape index (κ2) is 6.91. The summed E-state index contributed by atoms with van der Waals surface area (Å²) in [4.78, 5) is 51.5. The molecule has 3 aromatic rings. The van der Waals surface area contributed by atoms with Crippen LogP contribution in [-0.4, -0.2) is 27.5 Å². The largest absolute Gasteiger partial charge is 0.425 e. The molecule has 160 valence electrons. The van der Waals surface area contributed by atoms with Gasteiger partial charge in [-0.25, -0.2) is 13.8 Å². The summed E-state index contributed by atoms with van der Waals surface area (Å²) in [6.45, 7) is 0. The molecule has 0 spiro atoms. The molecular formula is C18H10F4N4O4S. The third-order valence-corrected chi connectivity index (χ3v) is 5.48. The molecule has 8 nitrogen and oxygen atoms in total. The zero-order chi connectivity index (χ0) is 22.6. The lowest BCUT2D eigenvalue weighted by Crippen LogP contribution is -2.62. The molecular weight excluding hydrogens is 444 g/mol. The molecule has 1 aromatic carbocycles. The first-order chi connectivity index (χ1) is 14.6. The van der Waals surface area contributed by atoms with Crippen LogP contribution in [-0.2, 0) is 10.3 Å². The average molecular weight is 454 g/mol. The van der Waals surface area contributed by atoms with Crippen LogP contribution >= 0.6 is 11.3 Å². The van der Waals surface area contributed by atoms with Gasteiger partial charge < -0.3 is 10.6 Å². The summed E-state index contributed by atoms with van der Waals surface area (Å²) in [6, 6.07) is 6.67. The Kier molecular flexibility index (Phi) is 4.57. The number of alkyl halides is 3. The van der Waals surface area contributed by atoms with Crippen LogP contribution in [0.25, 0.3) is 5.69 Å². The van der Waals surface area contributed by atoms with Gasteiger partial charge in [0.2, 0.25) is 0 Å². The van der Waals surface area contributed by atoms with Gasteiger partial charge in [-0.15, -0.1) is 11.3 Å². The molecule has 3 heterocycles. The number of aromatic nitrogens is 2. The Morgan fingerprint density at radius 2 is 1.77 bits per heavy atom. The Morgan fingerprint density at radius 1 is 1.10 bits per heavy atom. The molecule has 1 aliphatic heterocycles. The van der Waals surface area contributed by atoms with E-state index in [1.165, 1.54) is 17.5 Å². The van der Waals surface area contributed by atoms with Crippen LogP contribution in [0.1, 0.15) is 15.2 Å². The van der Waals surface area contributed by atoms with Gasteiger partial charge in [-0.1, -0.05) is 6.07 Å². The van der Waals surface area contributed by atoms with Gasteiger partial charge in [0.1, 0.15) is 17.2 Å². The fourth-order valence-electron chi connectivity index (χ4n) is 3.25. The fourth-order valence-corrected chi connectivity index (χ4v) is 3.87. The molecule has 0 unspecified atom stereocenters. The summed E-state index contributed by atoms with van der Waals surface area (Å²) in [7, 11) is 0. The van der Waals surface area contributed by atoms with E-state index in [4.69, 9.17) is 0 Å². The number of carbonyl (C=O) groups excluding carboxylic acids is 2. The van der Waals surface area contributed by atoms with Crippen LogP contribution in [0.3, 0.4) is 0 Å². The number of fused-ring (bicyclic) bond motifs is 1. The number of amides is 2. The minimum atomic E-state index is -5.45. The van der Waals surface area contributed by atoms with Crippen LogP contribution in [0.4, 0.5) is 23.4 Å². The minimum absolute atomic E-state index is 0.123. The van der Waals surface area contributed by atoms with E-state index in [1.807, 2.05) is 5.32 Å². The van der Waals surface area contributed by atoms with Crippen molar-refractivity contribution < 1.29 is 27.2 Å². The molecule has 2 aromatic heterocycles. The zero-order valence-electron chi connectivity index (χ0n) is 15.0. The lowest BCUT2D eigenvalue weighted by Gasteiger charge is -2.29. The molecule has 0 fully saturated rings. The molecule has 13 heteroatoms. The Hall–Kier alpha value is -3.74. The number of halogens is 4. The quantitative estimate of drug-likeness (QED) is 0.525. The van der Waals surface area contributed by atoms with Gasteiger partial charge in [-0.2, -0.15) is 13.2 Å². The van der Waals surface area contributed by atoms with Gasteiger partial charge in [-0.05, 0) is 35.7 Å². The first kappa shape index (κ1) is 20.5. The molecule has 2 amide bonds. The molecule has 1 aliphatic rings. The zero-order valence-corrected chi connectivity index (χ0v) is 15.9. The predicted molar refractivity (Wildman–Crippen MR) is 101 cm³/mol. The molecule has 0 saturated carbocycles. The summed E-state index contributed by atoms with van der Waals surface area (Å²) in [6.07, 6.45) is -5.45. The molecule has 0 bridgehead atoms. The van der Waals surface area contributed by atoms with E-state index in [-0.39, 0.29) is 10.6 Å². The number of nitrogens with zero attached hydrogens (tertiary/aromatic N) is 1. The molecule has 3 N–H and O–H groups in total. The fraction of sp³-hybridized carbons (Fsp3) is 0.111. The smallest absolute Gasteiger partial charge is 0.326 e. The van der Waals surface area contributed by atoms with Crippen molar-refractivity contribution in [2.45, 2.75) is 11.7 Å². The van der Waals surface area contributed by atoms with Crippen LogP contribution < -0.4 is 21.9 Å². The summed E-state index contributed by atoms with van der Waals surface area (Å²) in [5.74, 6) is -4.48. The standard InChI is InChI=1S/C18H10F4N4O4S/c19-8-3-5-9(6-4-8)26-12-11(14(28)24-16(26)30)17(15(29)23-12,18(20,21)22)25-13(27)10-2-1-7-31-10/h1-7H,(H,23,29)(H,25,27)(H,24,28,30)/t17-/m0/s1. The summed E-state index contributed by atoms with van der Waals surface area (Å²) in [5, 5.41) is 4.96. The van der Waals surface area contributed by atoms with Crippen molar-refractivity contribution in [3.8, 4) is 5.69 Å². The van der Waals surface area contributed by atoms with Crippen LogP contribution in [0.5, 0.6) is 0 Å². The molecule has 31 heavy (non-hydrogen) atoms. The number of benzene rings is 1. The number of H-pyrrole nitrogens is 1. The van der Waals surface area contributed by atoms with E-state index < -0.39 is 52.0 Å². The number of hydrogen-bond acceptors (Lipinski definition) is 5. The van der Waals surface area contributed by atoms with Crippen molar-refractivity contribution in [3.05, 3.63) is 78.9 Å². The average Bonchev–Trinajstić information content (AvgIpc) is 3.30. The number of carbonyl (C=O) groups is 2. The van der Waals surface area contributed by atoms with Crippen molar-refractivity contribution >= 4 is 29.0 Å². The summed E-state index contributed by atoms with van der Waals surface area (Å²) in [5.41, 5.74) is -7.77. The minimum Gasteiger partial charge on any atom is -0.326 e. The normalized spacial score (nSPS) is 17.9.